The quantitative estimate of drug-likeness (QED) is 0.522. The summed E-state index contributed by atoms with van der Waals surface area (Å²) in [6.45, 7) is 16.7. The fraction of sp³-hybridized carbons (Fsp3) is 0.700. The van der Waals surface area contributed by atoms with Crippen LogP contribution in [0.4, 0.5) is 0 Å². The summed E-state index contributed by atoms with van der Waals surface area (Å²) in [7, 11) is 0. The van der Waals surface area contributed by atoms with E-state index in [1.54, 1.807) is 5.57 Å². The number of fused-ring (bicyclic) bond motifs is 1. The third kappa shape index (κ3) is 4.82. The molecule has 1 saturated carbocycles. The first kappa shape index (κ1) is 19.2. The topological polar surface area (TPSA) is 44.0 Å². The molecule has 4 atom stereocenters. The molecule has 3 rings (SSSR count). The zero-order valence-corrected chi connectivity index (χ0v) is 14.9. The maximum atomic E-state index is 5.60. The minimum atomic E-state index is 0. The van der Waals surface area contributed by atoms with Crippen LogP contribution < -0.4 is 0 Å². The highest BCUT2D eigenvalue weighted by molar-refractivity contribution is 5.10. The second-order valence-corrected chi connectivity index (χ2v) is 7.60. The van der Waals surface area contributed by atoms with E-state index >= 15 is 0 Å². The zero-order chi connectivity index (χ0) is 15.6. The summed E-state index contributed by atoms with van der Waals surface area (Å²) in [5, 5.41) is 0. The Bertz CT molecular complexity index is 449. The predicted octanol–water partition coefficient (Wildman–Crippen LogP) is 5.00. The molecule has 0 radical (unpaired) electrons. The van der Waals surface area contributed by atoms with Crippen molar-refractivity contribution >= 4 is 0 Å². The van der Waals surface area contributed by atoms with Gasteiger partial charge >= 0.3 is 0 Å². The van der Waals surface area contributed by atoms with E-state index in [-0.39, 0.29) is 11.1 Å². The van der Waals surface area contributed by atoms with Gasteiger partial charge in [0.25, 0.3) is 0 Å². The molecule has 2 nitrogen and oxygen atoms in total. The molecule has 2 fully saturated rings. The Morgan fingerprint density at radius 2 is 1.82 bits per heavy atom. The van der Waals surface area contributed by atoms with Crippen LogP contribution in [0.1, 0.15) is 66.2 Å². The van der Waals surface area contributed by atoms with E-state index in [0.29, 0.717) is 6.10 Å². The molecule has 0 amide bonds. The highest BCUT2D eigenvalue weighted by Crippen LogP contribution is 2.50. The summed E-state index contributed by atoms with van der Waals surface area (Å²) < 4.78 is 5.60. The van der Waals surface area contributed by atoms with Gasteiger partial charge in [0.2, 0.25) is 0 Å². The Morgan fingerprint density at radius 1 is 1.18 bits per heavy atom. The van der Waals surface area contributed by atoms with Gasteiger partial charge in [-0.1, -0.05) is 36.0 Å². The lowest BCUT2D eigenvalue weighted by molar-refractivity contribution is 0.303. The average Bonchev–Trinajstić information content (AvgIpc) is 3.10. The number of hydrogen-bond donors (Lipinski definition) is 0. The molecule has 2 heteroatoms. The van der Waals surface area contributed by atoms with Crippen molar-refractivity contribution in [2.24, 2.45) is 11.8 Å². The van der Waals surface area contributed by atoms with Crippen molar-refractivity contribution in [1.29, 1.82) is 0 Å². The van der Waals surface area contributed by atoms with Crippen LogP contribution in [0.15, 0.2) is 36.0 Å². The zero-order valence-electron chi connectivity index (χ0n) is 14.9. The Kier molecular flexibility index (Phi) is 6.64. The van der Waals surface area contributed by atoms with Gasteiger partial charge in [0.15, 0.2) is 0 Å². The summed E-state index contributed by atoms with van der Waals surface area (Å²) in [6.07, 6.45) is 10.4. The second kappa shape index (κ2) is 7.61. The number of epoxide rings is 1. The van der Waals surface area contributed by atoms with Crippen LogP contribution in [0, 0.1) is 11.8 Å². The van der Waals surface area contributed by atoms with Gasteiger partial charge < -0.3 is 10.2 Å². The molecule has 3 aliphatic rings. The monoisotopic (exact) mass is 306 g/mol. The van der Waals surface area contributed by atoms with E-state index in [4.69, 9.17) is 4.74 Å². The largest absolute Gasteiger partial charge is 0.412 e. The van der Waals surface area contributed by atoms with E-state index in [1.165, 1.54) is 49.7 Å². The third-order valence-corrected chi connectivity index (χ3v) is 5.55. The summed E-state index contributed by atoms with van der Waals surface area (Å²) in [4.78, 5) is 0. The lowest BCUT2D eigenvalue weighted by atomic mass is 9.80. The molecule has 126 valence electrons. The van der Waals surface area contributed by atoms with Gasteiger partial charge in [0.05, 0.1) is 11.7 Å². The molecule has 0 aromatic carbocycles. The summed E-state index contributed by atoms with van der Waals surface area (Å²) in [5.74, 6) is 1.50. The van der Waals surface area contributed by atoms with Crippen LogP contribution >= 0.6 is 0 Å². The first-order chi connectivity index (χ1) is 9.82. The Balaban J connectivity index is 0.000000212. The molecule has 0 aromatic rings. The third-order valence-electron chi connectivity index (χ3n) is 5.55. The minimum absolute atomic E-state index is 0. The molecular weight excluding hydrogens is 272 g/mol. The van der Waals surface area contributed by atoms with Crippen LogP contribution in [-0.4, -0.2) is 17.2 Å². The molecule has 1 aliphatic heterocycles. The van der Waals surface area contributed by atoms with Crippen molar-refractivity contribution in [2.45, 2.75) is 77.9 Å². The molecule has 0 aromatic heterocycles. The van der Waals surface area contributed by atoms with Crippen molar-refractivity contribution < 1.29 is 10.2 Å². The summed E-state index contributed by atoms with van der Waals surface area (Å²) >= 11 is 0. The molecule has 0 spiro atoms. The van der Waals surface area contributed by atoms with E-state index < -0.39 is 0 Å². The van der Waals surface area contributed by atoms with E-state index in [1.807, 2.05) is 0 Å². The summed E-state index contributed by atoms with van der Waals surface area (Å²) in [5.41, 5.74) is 4.51. The van der Waals surface area contributed by atoms with Crippen molar-refractivity contribution in [1.82, 2.24) is 0 Å². The highest BCUT2D eigenvalue weighted by atomic mass is 16.6. The first-order valence-corrected chi connectivity index (χ1v) is 8.46. The molecule has 22 heavy (non-hydrogen) atoms. The Hall–Kier alpha value is -0.860. The van der Waals surface area contributed by atoms with Gasteiger partial charge in [0.1, 0.15) is 0 Å². The fourth-order valence-corrected chi connectivity index (χ4v) is 3.51. The van der Waals surface area contributed by atoms with Gasteiger partial charge in [-0.05, 0) is 78.1 Å². The Labute approximate surface area is 136 Å². The SMILES string of the molecule is C=C(C)C1CC=C(C)CC1.C=C(C)C1CCC2(C)OC2C1.O. The summed E-state index contributed by atoms with van der Waals surface area (Å²) in [6, 6.07) is 0. The van der Waals surface area contributed by atoms with Gasteiger partial charge in [0, 0.05) is 0 Å². The maximum absolute atomic E-state index is 5.60. The lowest BCUT2D eigenvalue weighted by Crippen LogP contribution is -2.21. The first-order valence-electron chi connectivity index (χ1n) is 8.46. The average molecular weight is 306 g/mol. The van der Waals surface area contributed by atoms with Crippen LogP contribution in [0.25, 0.3) is 0 Å². The molecule has 1 heterocycles. The standard InChI is InChI=1S/C10H16O.C10H16.H2O/c1-7(2)8-4-5-10(3)9(6-8)11-10;1-8(2)10-6-4-9(3)5-7-10;/h8-9H,1,4-6H2,2-3H3;4,10H,1,5-7H2,2-3H3;1H2. The Morgan fingerprint density at radius 3 is 2.27 bits per heavy atom. The van der Waals surface area contributed by atoms with Crippen molar-refractivity contribution in [3.05, 3.63) is 36.0 Å². The van der Waals surface area contributed by atoms with E-state index in [0.717, 1.165) is 11.8 Å². The maximum Gasteiger partial charge on any atom is 0.0920 e. The number of allylic oxidation sites excluding steroid dienone is 4. The smallest absolute Gasteiger partial charge is 0.0920 e. The van der Waals surface area contributed by atoms with Gasteiger partial charge in [-0.15, -0.1) is 0 Å². The second-order valence-electron chi connectivity index (χ2n) is 7.60. The predicted molar refractivity (Wildman–Crippen MR) is 95.0 cm³/mol. The lowest BCUT2D eigenvalue weighted by Gasteiger charge is -2.22. The van der Waals surface area contributed by atoms with Crippen LogP contribution in [0.3, 0.4) is 0 Å². The molecular formula is C20H34O2. The van der Waals surface area contributed by atoms with Gasteiger partial charge in [-0.25, -0.2) is 0 Å². The molecule has 2 N–H and O–H groups in total. The minimum Gasteiger partial charge on any atom is -0.412 e. The number of rotatable bonds is 2. The van der Waals surface area contributed by atoms with E-state index in [2.05, 4.69) is 46.9 Å². The number of ether oxygens (including phenoxy) is 1. The molecule has 2 aliphatic carbocycles. The van der Waals surface area contributed by atoms with E-state index in [9.17, 15) is 0 Å². The normalized spacial score (nSPS) is 35.8. The molecule has 4 unspecified atom stereocenters. The van der Waals surface area contributed by atoms with Crippen LogP contribution in [0.2, 0.25) is 0 Å². The van der Waals surface area contributed by atoms with Gasteiger partial charge in [-0.2, -0.15) is 0 Å². The highest BCUT2D eigenvalue weighted by Gasteiger charge is 2.55. The van der Waals surface area contributed by atoms with Gasteiger partial charge in [-0.3, -0.25) is 0 Å². The molecule has 1 saturated heterocycles. The fourth-order valence-electron chi connectivity index (χ4n) is 3.51. The van der Waals surface area contributed by atoms with Crippen molar-refractivity contribution in [3.8, 4) is 0 Å². The van der Waals surface area contributed by atoms with Crippen molar-refractivity contribution in [2.75, 3.05) is 0 Å². The van der Waals surface area contributed by atoms with Crippen molar-refractivity contribution in [3.63, 3.8) is 0 Å². The number of hydrogen-bond acceptors (Lipinski definition) is 1. The van der Waals surface area contributed by atoms with Crippen LogP contribution in [-0.2, 0) is 4.74 Å². The van der Waals surface area contributed by atoms with Crippen LogP contribution in [0.5, 0.6) is 0 Å². The molecule has 0 bridgehead atoms.